The Bertz CT molecular complexity index is 1620. The highest BCUT2D eigenvalue weighted by atomic mass is 19.4. The number of carbonyl (C=O) groups is 3. The number of halogens is 4. The number of alkyl halides is 3. The molecule has 1 saturated carbocycles. The van der Waals surface area contributed by atoms with Gasteiger partial charge in [-0.05, 0) is 75.3 Å². The molecule has 48 heavy (non-hydrogen) atoms. The summed E-state index contributed by atoms with van der Waals surface area (Å²) < 4.78 is 68.3. The average Bonchev–Trinajstić information content (AvgIpc) is 3.84. The van der Waals surface area contributed by atoms with Gasteiger partial charge in [-0.15, -0.1) is 0 Å². The molecule has 4 aliphatic heterocycles. The number of rotatable bonds is 6. The Labute approximate surface area is 275 Å². The second-order valence-corrected chi connectivity index (χ2v) is 13.6. The van der Waals surface area contributed by atoms with Crippen molar-refractivity contribution < 1.29 is 46.5 Å². The summed E-state index contributed by atoms with van der Waals surface area (Å²) in [7, 11) is 0. The number of anilines is 2. The molecular weight excluding hydrogens is 636 g/mol. The maximum absolute atomic E-state index is 14.2. The van der Waals surface area contributed by atoms with Crippen LogP contribution in [-0.2, 0) is 27.0 Å². The molecule has 258 valence electrons. The zero-order chi connectivity index (χ0) is 34.0. The summed E-state index contributed by atoms with van der Waals surface area (Å²) in [5.74, 6) is -2.41. The van der Waals surface area contributed by atoms with Gasteiger partial charge in [0.1, 0.15) is 11.4 Å². The Balaban J connectivity index is 1.04. The Morgan fingerprint density at radius 1 is 1.06 bits per heavy atom. The third kappa shape index (κ3) is 5.86. The van der Waals surface area contributed by atoms with Gasteiger partial charge in [-0.25, -0.2) is 9.18 Å². The van der Waals surface area contributed by atoms with Crippen LogP contribution in [0.1, 0.15) is 66.9 Å². The predicted molar refractivity (Wildman–Crippen MR) is 165 cm³/mol. The van der Waals surface area contributed by atoms with Crippen LogP contribution in [0.15, 0.2) is 30.3 Å². The molecule has 3 atom stereocenters. The number of carbonyl (C=O) groups excluding carboxylic acids is 2. The Morgan fingerprint density at radius 3 is 2.48 bits per heavy atom. The number of hydrogen-bond acceptors (Lipinski definition) is 7. The van der Waals surface area contributed by atoms with E-state index < -0.39 is 29.1 Å². The molecule has 0 radical (unpaired) electrons. The molecule has 2 aromatic rings. The minimum Gasteiger partial charge on any atom is -0.478 e. The number of nitrogens with zero attached hydrogens (tertiary/aromatic N) is 4. The number of carboxylic acids is 1. The zero-order valence-electron chi connectivity index (χ0n) is 26.6. The van der Waals surface area contributed by atoms with Gasteiger partial charge in [-0.3, -0.25) is 14.5 Å². The quantitative estimate of drug-likeness (QED) is 0.433. The Hall–Kier alpha value is -3.91. The number of amides is 2. The second-order valence-electron chi connectivity index (χ2n) is 13.6. The number of ether oxygens (including phenoxy) is 2. The zero-order valence-corrected chi connectivity index (χ0v) is 26.6. The summed E-state index contributed by atoms with van der Waals surface area (Å²) in [5, 5.41) is 9.35. The van der Waals surface area contributed by atoms with Gasteiger partial charge in [-0.1, -0.05) is 0 Å². The lowest BCUT2D eigenvalue weighted by atomic mass is 9.85. The van der Waals surface area contributed by atoms with Crippen LogP contribution in [0.2, 0.25) is 0 Å². The largest absolute Gasteiger partial charge is 0.478 e. The van der Waals surface area contributed by atoms with Crippen LogP contribution in [0, 0.1) is 11.7 Å². The van der Waals surface area contributed by atoms with Crippen molar-refractivity contribution in [2.24, 2.45) is 5.92 Å². The fourth-order valence-electron chi connectivity index (χ4n) is 7.86. The molecule has 0 bridgehead atoms. The van der Waals surface area contributed by atoms with Crippen molar-refractivity contribution in [3.8, 4) is 5.75 Å². The van der Waals surface area contributed by atoms with Crippen LogP contribution in [0.5, 0.6) is 5.75 Å². The van der Waals surface area contributed by atoms with E-state index in [1.807, 2.05) is 6.92 Å². The van der Waals surface area contributed by atoms with Crippen molar-refractivity contribution in [3.05, 3.63) is 52.8 Å². The first-order chi connectivity index (χ1) is 22.9. The van der Waals surface area contributed by atoms with Crippen molar-refractivity contribution in [1.82, 2.24) is 9.80 Å². The third-order valence-corrected chi connectivity index (χ3v) is 10.5. The van der Waals surface area contributed by atoms with Crippen LogP contribution in [0.25, 0.3) is 0 Å². The van der Waals surface area contributed by atoms with Gasteiger partial charge in [0.15, 0.2) is 12.5 Å². The van der Waals surface area contributed by atoms with Crippen molar-refractivity contribution in [1.29, 1.82) is 0 Å². The third-order valence-electron chi connectivity index (χ3n) is 10.5. The minimum atomic E-state index is -4.64. The molecule has 3 saturated heterocycles. The first-order valence-electron chi connectivity index (χ1n) is 16.5. The highest BCUT2D eigenvalue weighted by Gasteiger charge is 2.56. The van der Waals surface area contributed by atoms with E-state index in [4.69, 9.17) is 9.47 Å². The fourth-order valence-corrected chi connectivity index (χ4v) is 7.86. The lowest BCUT2D eigenvalue weighted by Gasteiger charge is -2.48. The van der Waals surface area contributed by atoms with Crippen molar-refractivity contribution in [2.75, 3.05) is 49.3 Å². The molecule has 4 heterocycles. The molecule has 14 heteroatoms. The SMILES string of the molecule is C[C@H]1CN([C@@H]2CC[C@@](C(=O)N3COc4c(cc(C(F)(F)F)cc4N4CCCC4=O)C3)(C3CC3)OC2)CCN1c1ccc(F)c(C(=O)O)c1. The molecule has 7 rings (SSSR count). The molecule has 4 fully saturated rings. The normalized spacial score (nSPS) is 26.8. The minimum absolute atomic E-state index is 0.00973. The van der Waals surface area contributed by atoms with Gasteiger partial charge in [-0.2, -0.15) is 13.2 Å². The van der Waals surface area contributed by atoms with Crippen LogP contribution >= 0.6 is 0 Å². The van der Waals surface area contributed by atoms with Crippen LogP contribution in [0.3, 0.4) is 0 Å². The lowest BCUT2D eigenvalue weighted by molar-refractivity contribution is -0.180. The standard InChI is InChI=1S/C34H38F4N4O6/c1-20-16-39(11-12-41(20)24-6-7-27(35)26(15-24)31(44)45)25-8-9-33(48-18-25,22-4-5-22)32(46)40-17-21-13-23(34(36,37)38)14-28(30(21)47-19-40)42-10-2-3-29(42)43/h6-7,13-15,20,22,25H,2-5,8-12,16-19H2,1H3,(H,44,45)/t20-,25+,33-/m0/s1. The lowest BCUT2D eigenvalue weighted by Crippen LogP contribution is -2.61. The van der Waals surface area contributed by atoms with Gasteiger partial charge in [0.25, 0.3) is 5.91 Å². The summed E-state index contributed by atoms with van der Waals surface area (Å²) in [5.41, 5.74) is -1.39. The monoisotopic (exact) mass is 674 g/mol. The number of benzene rings is 2. The number of carboxylic acid groups (broad SMARTS) is 1. The van der Waals surface area contributed by atoms with Gasteiger partial charge in [0.2, 0.25) is 5.91 Å². The van der Waals surface area contributed by atoms with Crippen molar-refractivity contribution in [2.45, 2.75) is 75.9 Å². The summed E-state index contributed by atoms with van der Waals surface area (Å²) in [6, 6.07) is 6.16. The summed E-state index contributed by atoms with van der Waals surface area (Å²) >= 11 is 0. The number of hydrogen-bond donors (Lipinski definition) is 1. The highest BCUT2D eigenvalue weighted by Crippen LogP contribution is 2.49. The van der Waals surface area contributed by atoms with Crippen molar-refractivity contribution in [3.63, 3.8) is 0 Å². The van der Waals surface area contributed by atoms with E-state index in [1.165, 1.54) is 21.9 Å². The van der Waals surface area contributed by atoms with E-state index in [9.17, 15) is 37.1 Å². The molecule has 2 amide bonds. The number of fused-ring (bicyclic) bond motifs is 1. The van der Waals surface area contributed by atoms with E-state index in [1.54, 1.807) is 6.07 Å². The molecular formula is C34H38F4N4O6. The first kappa shape index (κ1) is 32.6. The van der Waals surface area contributed by atoms with Crippen LogP contribution in [-0.4, -0.2) is 89.9 Å². The Kier molecular flexibility index (Phi) is 8.30. The summed E-state index contributed by atoms with van der Waals surface area (Å²) in [4.78, 5) is 45.3. The molecule has 0 spiro atoms. The molecule has 0 aromatic heterocycles. The topological polar surface area (TPSA) is 103 Å². The second kappa shape index (κ2) is 12.2. The average molecular weight is 675 g/mol. The molecule has 1 N–H and O–H groups in total. The smallest absolute Gasteiger partial charge is 0.416 e. The molecule has 1 aliphatic carbocycles. The number of aromatic carboxylic acids is 1. The molecule has 0 unspecified atom stereocenters. The molecule has 2 aromatic carbocycles. The van der Waals surface area contributed by atoms with Crippen LogP contribution in [0.4, 0.5) is 28.9 Å². The fraction of sp³-hybridized carbons (Fsp3) is 0.559. The van der Waals surface area contributed by atoms with Gasteiger partial charge >= 0.3 is 12.1 Å². The summed E-state index contributed by atoms with van der Waals surface area (Å²) in [6.07, 6.45) is -1.02. The molecule has 5 aliphatic rings. The van der Waals surface area contributed by atoms with E-state index in [-0.39, 0.29) is 72.1 Å². The van der Waals surface area contributed by atoms with E-state index in [0.29, 0.717) is 57.7 Å². The van der Waals surface area contributed by atoms with Gasteiger partial charge in [0.05, 0.1) is 30.0 Å². The highest BCUT2D eigenvalue weighted by molar-refractivity contribution is 5.97. The van der Waals surface area contributed by atoms with E-state index >= 15 is 0 Å². The number of piperazine rings is 1. The van der Waals surface area contributed by atoms with Crippen molar-refractivity contribution >= 4 is 29.2 Å². The Morgan fingerprint density at radius 2 is 1.85 bits per heavy atom. The predicted octanol–water partition coefficient (Wildman–Crippen LogP) is 4.89. The molecule has 10 nitrogen and oxygen atoms in total. The van der Waals surface area contributed by atoms with E-state index in [2.05, 4.69) is 9.80 Å². The maximum atomic E-state index is 14.2. The van der Waals surface area contributed by atoms with Crippen LogP contribution < -0.4 is 14.5 Å². The van der Waals surface area contributed by atoms with Gasteiger partial charge < -0.3 is 29.3 Å². The first-order valence-corrected chi connectivity index (χ1v) is 16.5. The van der Waals surface area contributed by atoms with Gasteiger partial charge in [0, 0.05) is 55.9 Å². The summed E-state index contributed by atoms with van der Waals surface area (Å²) in [6.45, 7) is 4.36. The van der Waals surface area contributed by atoms with E-state index in [0.717, 1.165) is 25.0 Å². The maximum Gasteiger partial charge on any atom is 0.416 e.